The van der Waals surface area contributed by atoms with Gasteiger partial charge in [0.05, 0.1) is 11.6 Å². The van der Waals surface area contributed by atoms with E-state index in [1.54, 1.807) is 0 Å². The van der Waals surface area contributed by atoms with E-state index in [0.29, 0.717) is 6.54 Å². The monoisotopic (exact) mass is 228 g/mol. The van der Waals surface area contributed by atoms with Gasteiger partial charge in [-0.3, -0.25) is 4.79 Å². The molecule has 0 aromatic carbocycles. The summed E-state index contributed by atoms with van der Waals surface area (Å²) >= 11 is 0. The molecular formula is C12H24N2O2. The number of carbonyl (C=O) groups is 1. The van der Waals surface area contributed by atoms with Crippen LogP contribution in [0.2, 0.25) is 0 Å². The number of carbonyl (C=O) groups excluding carboxylic acids is 1. The fraction of sp³-hybridized carbons (Fsp3) is 0.917. The van der Waals surface area contributed by atoms with Gasteiger partial charge in [-0.05, 0) is 18.3 Å². The van der Waals surface area contributed by atoms with Crippen LogP contribution in [0.15, 0.2) is 0 Å². The molecule has 1 rings (SSSR count). The summed E-state index contributed by atoms with van der Waals surface area (Å²) in [6.07, 6.45) is 3.63. The molecule has 16 heavy (non-hydrogen) atoms. The third-order valence-electron chi connectivity index (χ3n) is 3.34. The zero-order valence-corrected chi connectivity index (χ0v) is 10.5. The largest absolute Gasteiger partial charge is 0.388 e. The van der Waals surface area contributed by atoms with Crippen LogP contribution in [0.1, 0.15) is 46.5 Å². The molecule has 0 radical (unpaired) electrons. The van der Waals surface area contributed by atoms with Crippen LogP contribution in [0.3, 0.4) is 0 Å². The van der Waals surface area contributed by atoms with Crippen LogP contribution in [0, 0.1) is 5.41 Å². The lowest BCUT2D eigenvalue weighted by molar-refractivity contribution is -0.125. The van der Waals surface area contributed by atoms with Crippen molar-refractivity contribution in [3.05, 3.63) is 0 Å². The zero-order chi connectivity index (χ0) is 12.4. The van der Waals surface area contributed by atoms with E-state index in [0.717, 1.165) is 25.7 Å². The van der Waals surface area contributed by atoms with Gasteiger partial charge in [-0.2, -0.15) is 0 Å². The lowest BCUT2D eigenvalue weighted by Gasteiger charge is -2.28. The normalized spacial score (nSPS) is 21.8. The summed E-state index contributed by atoms with van der Waals surface area (Å²) in [4.78, 5) is 11.7. The Morgan fingerprint density at radius 2 is 1.94 bits per heavy atom. The molecule has 0 bridgehead atoms. The first-order chi connectivity index (χ1) is 7.25. The number of aliphatic hydroxyl groups is 1. The Labute approximate surface area is 97.6 Å². The van der Waals surface area contributed by atoms with Gasteiger partial charge < -0.3 is 16.2 Å². The summed E-state index contributed by atoms with van der Waals surface area (Å²) in [5.74, 6) is -0.173. The van der Waals surface area contributed by atoms with Crippen LogP contribution in [-0.4, -0.2) is 29.2 Å². The second-order valence-corrected chi connectivity index (χ2v) is 5.99. The Kier molecular flexibility index (Phi) is 3.97. The molecule has 94 valence electrons. The Morgan fingerprint density at radius 3 is 2.38 bits per heavy atom. The van der Waals surface area contributed by atoms with Gasteiger partial charge in [-0.1, -0.05) is 33.6 Å². The summed E-state index contributed by atoms with van der Waals surface area (Å²) in [5.41, 5.74) is 4.88. The van der Waals surface area contributed by atoms with Crippen molar-refractivity contribution in [3.8, 4) is 0 Å². The van der Waals surface area contributed by atoms with E-state index in [-0.39, 0.29) is 11.3 Å². The van der Waals surface area contributed by atoms with E-state index >= 15 is 0 Å². The molecule has 1 saturated carbocycles. The number of nitrogens with one attached hydrogen (secondary N) is 1. The van der Waals surface area contributed by atoms with Crippen molar-refractivity contribution < 1.29 is 9.90 Å². The van der Waals surface area contributed by atoms with Crippen LogP contribution >= 0.6 is 0 Å². The van der Waals surface area contributed by atoms with Crippen LogP contribution in [-0.2, 0) is 4.79 Å². The molecule has 1 amide bonds. The maximum Gasteiger partial charge on any atom is 0.237 e. The predicted octanol–water partition coefficient (Wildman–Crippen LogP) is 0.781. The second-order valence-electron chi connectivity index (χ2n) is 5.99. The fourth-order valence-electron chi connectivity index (χ4n) is 1.96. The van der Waals surface area contributed by atoms with Crippen molar-refractivity contribution in [2.75, 3.05) is 6.54 Å². The summed E-state index contributed by atoms with van der Waals surface area (Å²) in [5, 5.41) is 12.8. The zero-order valence-electron chi connectivity index (χ0n) is 10.5. The Bertz CT molecular complexity index is 252. The van der Waals surface area contributed by atoms with Gasteiger partial charge in [0, 0.05) is 6.54 Å². The van der Waals surface area contributed by atoms with Gasteiger partial charge in [0.2, 0.25) is 5.91 Å². The van der Waals surface area contributed by atoms with Gasteiger partial charge in [0.25, 0.3) is 0 Å². The first-order valence-corrected chi connectivity index (χ1v) is 6.00. The lowest BCUT2D eigenvalue weighted by Crippen LogP contribution is -2.52. The molecule has 1 fully saturated rings. The van der Waals surface area contributed by atoms with Crippen LogP contribution in [0.25, 0.3) is 0 Å². The van der Waals surface area contributed by atoms with Gasteiger partial charge >= 0.3 is 0 Å². The van der Waals surface area contributed by atoms with E-state index in [4.69, 9.17) is 5.73 Å². The van der Waals surface area contributed by atoms with Gasteiger partial charge in [0.15, 0.2) is 0 Å². The number of rotatable bonds is 3. The highest BCUT2D eigenvalue weighted by molar-refractivity contribution is 5.82. The number of amides is 1. The van der Waals surface area contributed by atoms with Crippen molar-refractivity contribution in [1.82, 2.24) is 5.32 Å². The average molecular weight is 228 g/mol. The van der Waals surface area contributed by atoms with E-state index in [1.165, 1.54) is 0 Å². The molecule has 0 heterocycles. The van der Waals surface area contributed by atoms with Crippen molar-refractivity contribution in [2.45, 2.75) is 58.1 Å². The van der Waals surface area contributed by atoms with E-state index < -0.39 is 11.6 Å². The van der Waals surface area contributed by atoms with Crippen molar-refractivity contribution >= 4 is 5.91 Å². The standard InChI is InChI=1S/C12H24N2O2/c1-11(2,3)9(13)10(15)14-8-12(16)6-4-5-7-12/h9,16H,4-8,13H2,1-3H3,(H,14,15)/t9-/m1/s1. The van der Waals surface area contributed by atoms with Gasteiger partial charge in [-0.25, -0.2) is 0 Å². The molecule has 4 N–H and O–H groups in total. The summed E-state index contributed by atoms with van der Waals surface area (Å²) < 4.78 is 0. The average Bonchev–Trinajstić information content (AvgIpc) is 2.60. The van der Waals surface area contributed by atoms with E-state index in [9.17, 15) is 9.90 Å². The van der Waals surface area contributed by atoms with Crippen LogP contribution in [0.5, 0.6) is 0 Å². The minimum Gasteiger partial charge on any atom is -0.388 e. The maximum absolute atomic E-state index is 11.7. The van der Waals surface area contributed by atoms with Crippen LogP contribution < -0.4 is 11.1 Å². The number of nitrogens with two attached hydrogens (primary N) is 1. The summed E-state index contributed by atoms with van der Waals surface area (Å²) in [6.45, 7) is 6.13. The maximum atomic E-state index is 11.7. The smallest absolute Gasteiger partial charge is 0.237 e. The molecule has 0 aromatic heterocycles. The Balaban J connectivity index is 2.40. The molecule has 0 unspecified atom stereocenters. The van der Waals surface area contributed by atoms with Crippen molar-refractivity contribution in [1.29, 1.82) is 0 Å². The molecule has 1 atom stereocenters. The van der Waals surface area contributed by atoms with Crippen molar-refractivity contribution in [3.63, 3.8) is 0 Å². The summed E-state index contributed by atoms with van der Waals surface area (Å²) in [6, 6.07) is -0.530. The number of hydrogen-bond donors (Lipinski definition) is 3. The molecule has 0 aromatic rings. The molecule has 1 aliphatic rings. The minimum absolute atomic E-state index is 0.173. The Morgan fingerprint density at radius 1 is 1.44 bits per heavy atom. The van der Waals surface area contributed by atoms with Crippen LogP contribution in [0.4, 0.5) is 0 Å². The molecule has 0 saturated heterocycles. The molecular weight excluding hydrogens is 204 g/mol. The quantitative estimate of drug-likeness (QED) is 0.668. The lowest BCUT2D eigenvalue weighted by atomic mass is 9.87. The first-order valence-electron chi connectivity index (χ1n) is 6.00. The highest BCUT2D eigenvalue weighted by atomic mass is 16.3. The minimum atomic E-state index is -0.701. The third kappa shape index (κ3) is 3.46. The molecule has 1 aliphatic carbocycles. The van der Waals surface area contributed by atoms with Crippen molar-refractivity contribution in [2.24, 2.45) is 11.1 Å². The second kappa shape index (κ2) is 4.72. The number of hydrogen-bond acceptors (Lipinski definition) is 3. The molecule has 4 nitrogen and oxygen atoms in total. The van der Waals surface area contributed by atoms with E-state index in [1.807, 2.05) is 20.8 Å². The third-order valence-corrected chi connectivity index (χ3v) is 3.34. The molecule has 0 aliphatic heterocycles. The Hall–Kier alpha value is -0.610. The van der Waals surface area contributed by atoms with E-state index in [2.05, 4.69) is 5.32 Å². The first kappa shape index (κ1) is 13.5. The molecule has 4 heteroatoms. The SMILES string of the molecule is CC(C)(C)[C@H](N)C(=O)NCC1(O)CCCC1. The fourth-order valence-corrected chi connectivity index (χ4v) is 1.96. The molecule has 0 spiro atoms. The topological polar surface area (TPSA) is 75.4 Å². The highest BCUT2D eigenvalue weighted by Crippen LogP contribution is 2.28. The predicted molar refractivity (Wildman–Crippen MR) is 63.9 cm³/mol. The highest BCUT2D eigenvalue weighted by Gasteiger charge is 2.33. The van der Waals surface area contributed by atoms with Gasteiger partial charge in [0.1, 0.15) is 0 Å². The summed E-state index contributed by atoms with van der Waals surface area (Å²) in [7, 11) is 0. The van der Waals surface area contributed by atoms with Gasteiger partial charge in [-0.15, -0.1) is 0 Å².